The van der Waals surface area contributed by atoms with Gasteiger partial charge in [0.1, 0.15) is 5.82 Å². The van der Waals surface area contributed by atoms with E-state index >= 15 is 0 Å². The molecule has 1 aromatic rings. The van der Waals surface area contributed by atoms with Gasteiger partial charge in [-0.3, -0.25) is 4.90 Å². The van der Waals surface area contributed by atoms with E-state index in [1.54, 1.807) is 12.1 Å². The number of rotatable bonds is 3. The van der Waals surface area contributed by atoms with Crippen molar-refractivity contribution in [1.82, 2.24) is 10.2 Å². The molecule has 1 aliphatic rings. The van der Waals surface area contributed by atoms with Crippen molar-refractivity contribution in [3.63, 3.8) is 0 Å². The zero-order chi connectivity index (χ0) is 14.7. The molecule has 1 N–H and O–H groups in total. The molecular weight excluding hydrogens is 275 g/mol. The molecule has 4 heteroatoms. The van der Waals surface area contributed by atoms with E-state index in [-0.39, 0.29) is 5.82 Å². The first kappa shape index (κ1) is 15.7. The maximum atomic E-state index is 14.0. The topological polar surface area (TPSA) is 15.3 Å². The van der Waals surface area contributed by atoms with Gasteiger partial charge in [-0.1, -0.05) is 31.5 Å². The lowest BCUT2D eigenvalue weighted by Gasteiger charge is -2.30. The molecule has 112 valence electrons. The summed E-state index contributed by atoms with van der Waals surface area (Å²) in [6.45, 7) is 9.19. The molecule has 0 amide bonds. The molecule has 2 rings (SSSR count). The summed E-state index contributed by atoms with van der Waals surface area (Å²) < 4.78 is 14.0. The summed E-state index contributed by atoms with van der Waals surface area (Å²) >= 11 is 6.15. The molecule has 1 heterocycles. The minimum atomic E-state index is -0.206. The van der Waals surface area contributed by atoms with Gasteiger partial charge in [-0.25, -0.2) is 4.39 Å². The van der Waals surface area contributed by atoms with Crippen molar-refractivity contribution in [2.75, 3.05) is 13.1 Å². The predicted octanol–water partition coefficient (Wildman–Crippen LogP) is 3.69. The van der Waals surface area contributed by atoms with E-state index in [4.69, 9.17) is 11.6 Å². The summed E-state index contributed by atoms with van der Waals surface area (Å²) in [5, 5.41) is 4.11. The van der Waals surface area contributed by atoms with Crippen LogP contribution >= 0.6 is 11.6 Å². The van der Waals surface area contributed by atoms with Crippen LogP contribution in [-0.2, 0) is 6.54 Å². The summed E-state index contributed by atoms with van der Waals surface area (Å²) in [5.74, 6) is 0.363. The summed E-state index contributed by atoms with van der Waals surface area (Å²) in [4.78, 5) is 2.34. The van der Waals surface area contributed by atoms with Crippen molar-refractivity contribution in [2.24, 2.45) is 5.92 Å². The second kappa shape index (κ2) is 6.88. The molecule has 2 unspecified atom stereocenters. The van der Waals surface area contributed by atoms with Gasteiger partial charge in [0.05, 0.1) is 0 Å². The van der Waals surface area contributed by atoms with Crippen LogP contribution in [0.3, 0.4) is 0 Å². The highest BCUT2D eigenvalue weighted by atomic mass is 35.5. The van der Waals surface area contributed by atoms with Gasteiger partial charge in [-0.15, -0.1) is 0 Å². The van der Waals surface area contributed by atoms with Crippen molar-refractivity contribution in [3.8, 4) is 0 Å². The van der Waals surface area contributed by atoms with Crippen molar-refractivity contribution in [2.45, 2.75) is 45.8 Å². The largest absolute Gasteiger partial charge is 0.312 e. The van der Waals surface area contributed by atoms with Gasteiger partial charge in [-0.2, -0.15) is 0 Å². The van der Waals surface area contributed by atoms with Crippen LogP contribution in [0.15, 0.2) is 18.2 Å². The molecular formula is C16H24ClFN2. The van der Waals surface area contributed by atoms with Crippen molar-refractivity contribution in [1.29, 1.82) is 0 Å². The van der Waals surface area contributed by atoms with Gasteiger partial charge in [0.2, 0.25) is 0 Å². The van der Waals surface area contributed by atoms with Gasteiger partial charge in [0, 0.05) is 35.8 Å². The second-order valence-corrected chi connectivity index (χ2v) is 6.48. The van der Waals surface area contributed by atoms with E-state index in [0.717, 1.165) is 19.5 Å². The van der Waals surface area contributed by atoms with Gasteiger partial charge in [-0.05, 0) is 37.9 Å². The Labute approximate surface area is 126 Å². The van der Waals surface area contributed by atoms with Crippen LogP contribution in [0, 0.1) is 11.7 Å². The molecule has 0 aliphatic carbocycles. The Kier molecular flexibility index (Phi) is 5.42. The zero-order valence-corrected chi connectivity index (χ0v) is 13.3. The third kappa shape index (κ3) is 3.72. The monoisotopic (exact) mass is 298 g/mol. The Hall–Kier alpha value is -0.640. The fourth-order valence-electron chi connectivity index (χ4n) is 2.71. The molecule has 1 aliphatic heterocycles. The molecule has 20 heavy (non-hydrogen) atoms. The van der Waals surface area contributed by atoms with Crippen LogP contribution in [0.5, 0.6) is 0 Å². The summed E-state index contributed by atoms with van der Waals surface area (Å²) in [6, 6.07) is 5.79. The molecule has 0 radical (unpaired) electrons. The van der Waals surface area contributed by atoms with E-state index in [0.29, 0.717) is 35.1 Å². The first-order valence-corrected chi connectivity index (χ1v) is 7.77. The number of halogens is 2. The summed E-state index contributed by atoms with van der Waals surface area (Å²) in [5.41, 5.74) is 0.616. The fourth-order valence-corrected chi connectivity index (χ4v) is 2.93. The van der Waals surface area contributed by atoms with Gasteiger partial charge >= 0.3 is 0 Å². The molecule has 0 saturated carbocycles. The summed E-state index contributed by atoms with van der Waals surface area (Å²) in [6.07, 6.45) is 1.08. The highest BCUT2D eigenvalue weighted by molar-refractivity contribution is 6.31. The molecule has 0 spiro atoms. The first-order chi connectivity index (χ1) is 9.49. The standard InChI is InChI=1S/C16H24ClFN2/c1-11(2)16-10-20(12(3)7-8-19-16)9-13-14(17)5-4-6-15(13)18/h4-6,11-12,16,19H,7-10H2,1-3H3. The van der Waals surface area contributed by atoms with Crippen molar-refractivity contribution in [3.05, 3.63) is 34.6 Å². The lowest BCUT2D eigenvalue weighted by Crippen LogP contribution is -2.42. The summed E-state index contributed by atoms with van der Waals surface area (Å²) in [7, 11) is 0. The minimum Gasteiger partial charge on any atom is -0.312 e. The molecule has 1 saturated heterocycles. The van der Waals surface area contributed by atoms with Crippen LogP contribution in [-0.4, -0.2) is 30.1 Å². The van der Waals surface area contributed by atoms with Crippen molar-refractivity contribution >= 4 is 11.6 Å². The second-order valence-electron chi connectivity index (χ2n) is 6.07. The van der Waals surface area contributed by atoms with Crippen LogP contribution in [0.2, 0.25) is 5.02 Å². The molecule has 2 nitrogen and oxygen atoms in total. The number of nitrogens with zero attached hydrogens (tertiary/aromatic N) is 1. The maximum absolute atomic E-state index is 14.0. The Morgan fingerprint density at radius 2 is 2.20 bits per heavy atom. The van der Waals surface area contributed by atoms with E-state index in [1.165, 1.54) is 6.07 Å². The van der Waals surface area contributed by atoms with Gasteiger partial charge < -0.3 is 5.32 Å². The number of benzene rings is 1. The average Bonchev–Trinajstić information content (AvgIpc) is 2.56. The Balaban J connectivity index is 2.16. The molecule has 2 atom stereocenters. The van der Waals surface area contributed by atoms with Crippen LogP contribution in [0.4, 0.5) is 4.39 Å². The predicted molar refractivity (Wildman–Crippen MR) is 82.5 cm³/mol. The SMILES string of the molecule is CC(C)C1CN(Cc2c(F)cccc2Cl)C(C)CCN1. The lowest BCUT2D eigenvalue weighted by molar-refractivity contribution is 0.182. The van der Waals surface area contributed by atoms with Crippen LogP contribution in [0.1, 0.15) is 32.8 Å². The maximum Gasteiger partial charge on any atom is 0.129 e. The lowest BCUT2D eigenvalue weighted by atomic mass is 10.0. The highest BCUT2D eigenvalue weighted by Gasteiger charge is 2.25. The number of hydrogen-bond acceptors (Lipinski definition) is 2. The fraction of sp³-hybridized carbons (Fsp3) is 0.625. The minimum absolute atomic E-state index is 0.206. The molecule has 0 aromatic heterocycles. The number of nitrogens with one attached hydrogen (secondary N) is 1. The molecule has 0 bridgehead atoms. The van der Waals surface area contributed by atoms with Crippen molar-refractivity contribution < 1.29 is 4.39 Å². The Morgan fingerprint density at radius 3 is 2.85 bits per heavy atom. The third-order valence-electron chi connectivity index (χ3n) is 4.25. The normalized spacial score (nSPS) is 24.9. The quantitative estimate of drug-likeness (QED) is 0.915. The van der Waals surface area contributed by atoms with Gasteiger partial charge in [0.25, 0.3) is 0 Å². The van der Waals surface area contributed by atoms with E-state index in [2.05, 4.69) is 31.0 Å². The average molecular weight is 299 g/mol. The number of hydrogen-bond donors (Lipinski definition) is 1. The highest BCUT2D eigenvalue weighted by Crippen LogP contribution is 2.23. The molecule has 1 fully saturated rings. The van der Waals surface area contributed by atoms with E-state index < -0.39 is 0 Å². The van der Waals surface area contributed by atoms with E-state index in [1.807, 2.05) is 0 Å². The smallest absolute Gasteiger partial charge is 0.129 e. The third-order valence-corrected chi connectivity index (χ3v) is 4.60. The molecule has 1 aromatic carbocycles. The Bertz CT molecular complexity index is 430. The first-order valence-electron chi connectivity index (χ1n) is 7.39. The van der Waals surface area contributed by atoms with E-state index in [9.17, 15) is 4.39 Å². The van der Waals surface area contributed by atoms with Crippen LogP contribution < -0.4 is 5.32 Å². The van der Waals surface area contributed by atoms with Crippen LogP contribution in [0.25, 0.3) is 0 Å². The Morgan fingerprint density at radius 1 is 1.45 bits per heavy atom. The van der Waals surface area contributed by atoms with Gasteiger partial charge in [0.15, 0.2) is 0 Å². The zero-order valence-electron chi connectivity index (χ0n) is 12.5.